The molecule has 0 aliphatic carbocycles. The Kier molecular flexibility index (Phi) is 4.64. The second kappa shape index (κ2) is 7.12. The molecule has 4 rings (SSSR count). The highest BCUT2D eigenvalue weighted by Gasteiger charge is 2.37. The van der Waals surface area contributed by atoms with Gasteiger partial charge in [-0.15, -0.1) is 0 Å². The molecule has 1 unspecified atom stereocenters. The van der Waals surface area contributed by atoms with E-state index in [1.165, 1.54) is 12.4 Å². The van der Waals surface area contributed by atoms with Gasteiger partial charge >= 0.3 is 0 Å². The fourth-order valence-corrected chi connectivity index (χ4v) is 3.28. The minimum atomic E-state index is -1.05. The van der Waals surface area contributed by atoms with Crippen LogP contribution in [-0.4, -0.2) is 48.0 Å². The van der Waals surface area contributed by atoms with Crippen LogP contribution in [0.3, 0.4) is 0 Å². The van der Waals surface area contributed by atoms with Gasteiger partial charge in [0.25, 0.3) is 0 Å². The van der Waals surface area contributed by atoms with Gasteiger partial charge in [0.05, 0.1) is 11.2 Å². The molecular weight excluding hydrogens is 366 g/mol. The number of nitrogens with zero attached hydrogens (tertiary/aromatic N) is 3. The molecule has 28 heavy (non-hydrogen) atoms. The van der Waals surface area contributed by atoms with E-state index in [0.717, 1.165) is 12.6 Å². The lowest BCUT2D eigenvalue weighted by Crippen LogP contribution is -2.19. The van der Waals surface area contributed by atoms with Gasteiger partial charge in [0.2, 0.25) is 5.91 Å². The summed E-state index contributed by atoms with van der Waals surface area (Å²) in [5.74, 6) is -2.92. The third kappa shape index (κ3) is 3.16. The van der Waals surface area contributed by atoms with Gasteiger partial charge in [0, 0.05) is 29.2 Å². The number of hydrogen-bond acceptors (Lipinski definition) is 5. The van der Waals surface area contributed by atoms with Crippen molar-refractivity contribution in [3.05, 3.63) is 59.6 Å². The van der Waals surface area contributed by atoms with Crippen molar-refractivity contribution < 1.29 is 18.3 Å². The van der Waals surface area contributed by atoms with Gasteiger partial charge in [-0.05, 0) is 38.4 Å². The number of rotatable bonds is 5. The average Bonchev–Trinajstić information content (AvgIpc) is 3.00. The number of nitrogens with one attached hydrogen (secondary N) is 1. The van der Waals surface area contributed by atoms with E-state index in [9.17, 15) is 13.6 Å². The molecule has 2 aromatic carbocycles. The van der Waals surface area contributed by atoms with E-state index in [1.807, 2.05) is 19.0 Å². The van der Waals surface area contributed by atoms with E-state index in [0.29, 0.717) is 29.0 Å². The molecule has 1 aliphatic heterocycles. The van der Waals surface area contributed by atoms with E-state index in [4.69, 9.17) is 4.74 Å². The first-order valence-electron chi connectivity index (χ1n) is 8.76. The summed E-state index contributed by atoms with van der Waals surface area (Å²) < 4.78 is 33.9. The lowest BCUT2D eigenvalue weighted by atomic mass is 9.93. The van der Waals surface area contributed by atoms with Crippen LogP contribution in [0.4, 0.5) is 14.5 Å². The average molecular weight is 384 g/mol. The highest BCUT2D eigenvalue weighted by molar-refractivity contribution is 6.06. The summed E-state index contributed by atoms with van der Waals surface area (Å²) >= 11 is 0. The molecule has 144 valence electrons. The second-order valence-electron chi connectivity index (χ2n) is 6.83. The third-order valence-corrected chi connectivity index (χ3v) is 4.66. The van der Waals surface area contributed by atoms with Crippen LogP contribution in [0.15, 0.2) is 36.7 Å². The molecule has 1 atom stereocenters. The van der Waals surface area contributed by atoms with E-state index in [2.05, 4.69) is 15.3 Å². The molecule has 2 heterocycles. The molecule has 3 aromatic rings. The number of anilines is 1. The summed E-state index contributed by atoms with van der Waals surface area (Å²) in [6.07, 6.45) is 1.31. The maximum Gasteiger partial charge on any atom is 0.238 e. The zero-order valence-electron chi connectivity index (χ0n) is 15.4. The Morgan fingerprint density at radius 1 is 1.18 bits per heavy atom. The molecule has 1 amide bonds. The minimum absolute atomic E-state index is 0.0312. The summed E-state index contributed by atoms with van der Waals surface area (Å²) in [4.78, 5) is 23.0. The summed E-state index contributed by atoms with van der Waals surface area (Å²) in [6.45, 7) is 1.27. The molecule has 0 spiro atoms. The van der Waals surface area contributed by atoms with Crippen LogP contribution in [0.5, 0.6) is 5.75 Å². The number of amides is 1. The lowest BCUT2D eigenvalue weighted by Gasteiger charge is -2.14. The topological polar surface area (TPSA) is 67.3 Å². The predicted molar refractivity (Wildman–Crippen MR) is 100 cm³/mol. The number of fused-ring (bicyclic) bond motifs is 2. The van der Waals surface area contributed by atoms with Crippen molar-refractivity contribution in [1.29, 1.82) is 0 Å². The Morgan fingerprint density at radius 2 is 2.00 bits per heavy atom. The van der Waals surface area contributed by atoms with Gasteiger partial charge in [-0.3, -0.25) is 4.79 Å². The maximum absolute atomic E-state index is 14.4. The third-order valence-electron chi connectivity index (χ3n) is 4.66. The summed E-state index contributed by atoms with van der Waals surface area (Å²) in [5.41, 5.74) is 1.11. The van der Waals surface area contributed by atoms with Crippen LogP contribution < -0.4 is 10.1 Å². The van der Waals surface area contributed by atoms with Crippen LogP contribution in [0.2, 0.25) is 0 Å². The first kappa shape index (κ1) is 18.2. The number of ether oxygens (including phenoxy) is 1. The van der Waals surface area contributed by atoms with Gasteiger partial charge in [-0.2, -0.15) is 0 Å². The first-order chi connectivity index (χ1) is 13.5. The molecule has 1 aliphatic rings. The highest BCUT2D eigenvalue weighted by atomic mass is 19.2. The van der Waals surface area contributed by atoms with Gasteiger partial charge in [0.1, 0.15) is 24.6 Å². The fraction of sp³-hybridized carbons (Fsp3) is 0.250. The number of likely N-dealkylation sites (N-methyl/N-ethyl adjacent to an activating group) is 1. The van der Waals surface area contributed by atoms with E-state index >= 15 is 0 Å². The molecule has 6 nitrogen and oxygen atoms in total. The molecule has 0 fully saturated rings. The smallest absolute Gasteiger partial charge is 0.238 e. The minimum Gasteiger partial charge on any atom is -0.492 e. The molecule has 1 aromatic heterocycles. The fourth-order valence-electron chi connectivity index (χ4n) is 3.28. The molecule has 1 N–H and O–H groups in total. The van der Waals surface area contributed by atoms with Crippen LogP contribution in [0.25, 0.3) is 10.9 Å². The zero-order chi connectivity index (χ0) is 19.8. The molecule has 0 saturated heterocycles. The van der Waals surface area contributed by atoms with Gasteiger partial charge < -0.3 is 15.0 Å². The van der Waals surface area contributed by atoms with Crippen molar-refractivity contribution in [2.45, 2.75) is 5.92 Å². The number of carbonyl (C=O) groups is 1. The Labute approximate surface area is 160 Å². The summed E-state index contributed by atoms with van der Waals surface area (Å²) in [5, 5.41) is 3.18. The van der Waals surface area contributed by atoms with Crippen molar-refractivity contribution in [3.63, 3.8) is 0 Å². The molecule has 8 heteroatoms. The standard InChI is InChI=1S/C20H18F2N4O2/c1-26(2)7-8-28-11-3-4-12-15(9-11)23-10-24-19(12)17-16-14(25-20(17)27)6-5-13(21)18(16)22/h3-6,9-10,17H,7-8H2,1-2H3,(H,25,27). The molecule has 0 saturated carbocycles. The molecule has 0 bridgehead atoms. The Hall–Kier alpha value is -3.13. The molecular formula is C20H18F2N4O2. The van der Waals surface area contributed by atoms with Gasteiger partial charge in [-0.1, -0.05) is 0 Å². The van der Waals surface area contributed by atoms with Crippen LogP contribution in [-0.2, 0) is 4.79 Å². The van der Waals surface area contributed by atoms with Crippen LogP contribution in [0, 0.1) is 11.6 Å². The number of halogens is 2. The van der Waals surface area contributed by atoms with Crippen molar-refractivity contribution in [2.24, 2.45) is 0 Å². The van der Waals surface area contributed by atoms with Crippen molar-refractivity contribution >= 4 is 22.5 Å². The predicted octanol–water partition coefficient (Wildman–Crippen LogP) is 2.93. The van der Waals surface area contributed by atoms with Crippen molar-refractivity contribution in [1.82, 2.24) is 14.9 Å². The van der Waals surface area contributed by atoms with Crippen molar-refractivity contribution in [2.75, 3.05) is 32.6 Å². The number of benzene rings is 2. The van der Waals surface area contributed by atoms with E-state index < -0.39 is 23.5 Å². The van der Waals surface area contributed by atoms with E-state index in [1.54, 1.807) is 18.2 Å². The monoisotopic (exact) mass is 384 g/mol. The Bertz CT molecular complexity index is 1070. The number of hydrogen-bond donors (Lipinski definition) is 1. The van der Waals surface area contributed by atoms with Crippen LogP contribution in [0.1, 0.15) is 17.2 Å². The van der Waals surface area contributed by atoms with E-state index in [-0.39, 0.29) is 11.3 Å². The second-order valence-corrected chi connectivity index (χ2v) is 6.83. The highest BCUT2D eigenvalue weighted by Crippen LogP contribution is 2.41. The zero-order valence-corrected chi connectivity index (χ0v) is 15.4. The quantitative estimate of drug-likeness (QED) is 0.733. The van der Waals surface area contributed by atoms with Crippen LogP contribution >= 0.6 is 0 Å². The van der Waals surface area contributed by atoms with Crippen molar-refractivity contribution in [3.8, 4) is 5.75 Å². The summed E-state index contributed by atoms with van der Waals surface area (Å²) in [7, 11) is 3.91. The largest absolute Gasteiger partial charge is 0.492 e. The maximum atomic E-state index is 14.4. The number of aromatic nitrogens is 2. The SMILES string of the molecule is CN(C)CCOc1ccc2c(C3C(=O)Nc4ccc(F)c(F)c43)ncnc2c1. The van der Waals surface area contributed by atoms with Gasteiger partial charge in [-0.25, -0.2) is 18.7 Å². The first-order valence-corrected chi connectivity index (χ1v) is 8.76. The lowest BCUT2D eigenvalue weighted by molar-refractivity contribution is -0.116. The number of carbonyl (C=O) groups excluding carboxylic acids is 1. The Balaban J connectivity index is 1.75. The normalized spacial score (nSPS) is 15.8. The summed E-state index contributed by atoms with van der Waals surface area (Å²) in [6, 6.07) is 7.57. The Morgan fingerprint density at radius 3 is 2.79 bits per heavy atom. The van der Waals surface area contributed by atoms with Gasteiger partial charge in [0.15, 0.2) is 11.6 Å². The molecule has 0 radical (unpaired) electrons.